The normalized spacial score (nSPS) is 14.9. The van der Waals surface area contributed by atoms with Crippen LogP contribution in [0.4, 0.5) is 0 Å². The predicted octanol–water partition coefficient (Wildman–Crippen LogP) is 7.33. The first-order valence-electron chi connectivity index (χ1n) is 11.7. The van der Waals surface area contributed by atoms with Crippen molar-refractivity contribution >= 4 is 13.9 Å². The summed E-state index contributed by atoms with van der Waals surface area (Å²) in [4.78, 5) is 0. The molecular weight excluding hydrogens is 399 g/mol. The van der Waals surface area contributed by atoms with Crippen LogP contribution in [0.2, 0.25) is 0 Å². The summed E-state index contributed by atoms with van der Waals surface area (Å²) >= 11 is 0. The van der Waals surface area contributed by atoms with Crippen molar-refractivity contribution in [3.05, 3.63) is 58.1 Å². The van der Waals surface area contributed by atoms with Crippen molar-refractivity contribution in [1.82, 2.24) is 0 Å². The van der Waals surface area contributed by atoms with E-state index in [1.54, 1.807) is 0 Å². The molecule has 0 saturated carbocycles. The predicted molar refractivity (Wildman–Crippen MR) is 137 cm³/mol. The van der Waals surface area contributed by atoms with E-state index in [0.29, 0.717) is 14.3 Å². The van der Waals surface area contributed by atoms with E-state index in [0.717, 1.165) is 35.1 Å². The number of unbranched alkanes of at least 4 members (excludes halogenated alkanes) is 2. The molecule has 0 saturated heterocycles. The van der Waals surface area contributed by atoms with Gasteiger partial charge in [0, 0.05) is 10.7 Å². The van der Waals surface area contributed by atoms with Crippen LogP contribution in [-0.2, 0) is 16.2 Å². The van der Waals surface area contributed by atoms with Gasteiger partial charge >= 0.3 is 0 Å². The first-order chi connectivity index (χ1) is 14.2. The Morgan fingerprint density at radius 1 is 0.871 bits per heavy atom. The zero-order chi connectivity index (χ0) is 23.6. The number of hydrogen-bond acceptors (Lipinski definition) is 2. The fourth-order valence-corrected chi connectivity index (χ4v) is 6.10. The molecule has 0 aliphatic rings. The highest BCUT2D eigenvalue weighted by Gasteiger charge is 2.33. The summed E-state index contributed by atoms with van der Waals surface area (Å²) in [5.74, 6) is 0.427. The molecule has 0 amide bonds. The van der Waals surface area contributed by atoms with Gasteiger partial charge in [0.25, 0.3) is 0 Å². The minimum atomic E-state index is -0.899. The van der Waals surface area contributed by atoms with Crippen molar-refractivity contribution < 1.29 is 10.2 Å². The topological polar surface area (TPSA) is 40.5 Å². The Bertz CT molecular complexity index is 902. The number of rotatable bonds is 8. The van der Waals surface area contributed by atoms with Crippen molar-refractivity contribution in [2.75, 3.05) is 0 Å². The molecule has 172 valence electrons. The molecule has 2 rings (SSSR count). The summed E-state index contributed by atoms with van der Waals surface area (Å²) in [6.45, 7) is 19.0. The van der Waals surface area contributed by atoms with Crippen LogP contribution in [-0.4, -0.2) is 10.2 Å². The van der Waals surface area contributed by atoms with E-state index in [1.807, 2.05) is 20.8 Å². The molecule has 2 atom stereocenters. The van der Waals surface area contributed by atoms with Gasteiger partial charge in [-0.1, -0.05) is 98.4 Å². The van der Waals surface area contributed by atoms with E-state index in [-0.39, 0.29) is 10.6 Å². The second-order valence-electron chi connectivity index (χ2n) is 11.0. The van der Waals surface area contributed by atoms with Gasteiger partial charge < -0.3 is 10.2 Å². The van der Waals surface area contributed by atoms with Gasteiger partial charge in [-0.3, -0.25) is 0 Å². The summed E-state index contributed by atoms with van der Waals surface area (Å²) in [5, 5.41) is 23.1. The molecule has 0 aliphatic carbocycles. The standard InChI is InChI=1S/C28H43O2P/c1-10-11-12-15-28(9,23-18-21(26(4,5)6)17-20(3)25(23)29)31-24-14-13-19(2)16-22(24)27(7,8)30/h13-14,16-18,29-31H,10-12,15H2,1-9H3. The summed E-state index contributed by atoms with van der Waals surface area (Å²) in [7, 11) is 0.458. The van der Waals surface area contributed by atoms with Crippen LogP contribution < -0.4 is 5.30 Å². The minimum absolute atomic E-state index is 0.0166. The second kappa shape index (κ2) is 9.63. The minimum Gasteiger partial charge on any atom is -0.507 e. The van der Waals surface area contributed by atoms with Crippen molar-refractivity contribution in [1.29, 1.82) is 0 Å². The van der Waals surface area contributed by atoms with Gasteiger partial charge in [0.05, 0.1) is 5.60 Å². The molecule has 3 heteroatoms. The first kappa shape index (κ1) is 25.9. The van der Waals surface area contributed by atoms with E-state index < -0.39 is 5.60 Å². The Hall–Kier alpha value is -1.37. The van der Waals surface area contributed by atoms with Gasteiger partial charge in [0.2, 0.25) is 0 Å². The Morgan fingerprint density at radius 2 is 1.52 bits per heavy atom. The lowest BCUT2D eigenvalue weighted by Crippen LogP contribution is -2.27. The van der Waals surface area contributed by atoms with E-state index in [4.69, 9.17) is 0 Å². The van der Waals surface area contributed by atoms with Crippen LogP contribution >= 0.6 is 8.58 Å². The molecule has 2 aromatic rings. The number of phenolic OH excluding ortho intramolecular Hbond substituents is 1. The quantitative estimate of drug-likeness (QED) is 0.332. The maximum Gasteiger partial charge on any atom is 0.122 e. The van der Waals surface area contributed by atoms with Crippen LogP contribution in [0, 0.1) is 13.8 Å². The Labute approximate surface area is 192 Å². The molecule has 0 radical (unpaired) electrons. The Balaban J connectivity index is 2.66. The van der Waals surface area contributed by atoms with Crippen LogP contribution in [0.15, 0.2) is 30.3 Å². The molecule has 0 spiro atoms. The number of aromatic hydroxyl groups is 1. The monoisotopic (exact) mass is 442 g/mol. The smallest absolute Gasteiger partial charge is 0.122 e. The third-order valence-electron chi connectivity index (χ3n) is 6.29. The summed E-state index contributed by atoms with van der Waals surface area (Å²) < 4.78 is 0. The Kier molecular flexibility index (Phi) is 8.05. The van der Waals surface area contributed by atoms with Crippen LogP contribution in [0.5, 0.6) is 5.75 Å². The van der Waals surface area contributed by atoms with Crippen LogP contribution in [0.3, 0.4) is 0 Å². The fraction of sp³-hybridized carbons (Fsp3) is 0.571. The summed E-state index contributed by atoms with van der Waals surface area (Å²) in [6.07, 6.45) is 4.50. The molecule has 0 aliphatic heterocycles. The molecule has 2 aromatic carbocycles. The van der Waals surface area contributed by atoms with Gasteiger partial charge in [-0.25, -0.2) is 0 Å². The van der Waals surface area contributed by atoms with Crippen molar-refractivity contribution in [3.8, 4) is 5.75 Å². The zero-order valence-electron chi connectivity index (χ0n) is 21.1. The molecule has 0 aromatic heterocycles. The number of aryl methyl sites for hydroxylation is 2. The number of aliphatic hydroxyl groups is 1. The average Bonchev–Trinajstić information content (AvgIpc) is 2.63. The molecule has 0 bridgehead atoms. The van der Waals surface area contributed by atoms with Gasteiger partial charge in [0.15, 0.2) is 0 Å². The van der Waals surface area contributed by atoms with Gasteiger partial charge in [-0.15, -0.1) is 0 Å². The van der Waals surface area contributed by atoms with Crippen LogP contribution in [0.1, 0.15) is 102 Å². The lowest BCUT2D eigenvalue weighted by Gasteiger charge is -2.35. The van der Waals surface area contributed by atoms with Crippen molar-refractivity contribution in [2.45, 2.75) is 104 Å². The van der Waals surface area contributed by atoms with Gasteiger partial charge in [0.1, 0.15) is 5.75 Å². The molecule has 2 unspecified atom stereocenters. The zero-order valence-corrected chi connectivity index (χ0v) is 22.1. The van der Waals surface area contributed by atoms with Crippen molar-refractivity contribution in [2.24, 2.45) is 0 Å². The summed E-state index contributed by atoms with van der Waals surface area (Å²) in [5.41, 5.74) is 4.53. The maximum atomic E-state index is 11.2. The molecule has 31 heavy (non-hydrogen) atoms. The number of benzene rings is 2. The Morgan fingerprint density at radius 3 is 2.06 bits per heavy atom. The van der Waals surface area contributed by atoms with E-state index in [2.05, 4.69) is 71.9 Å². The third kappa shape index (κ3) is 6.33. The molecule has 0 heterocycles. The highest BCUT2D eigenvalue weighted by Crippen LogP contribution is 2.50. The first-order valence-corrected chi connectivity index (χ1v) is 12.7. The second-order valence-corrected chi connectivity index (χ2v) is 12.9. The van der Waals surface area contributed by atoms with E-state index in [1.165, 1.54) is 23.7 Å². The van der Waals surface area contributed by atoms with Gasteiger partial charge in [-0.05, 0) is 61.5 Å². The highest BCUT2D eigenvalue weighted by atomic mass is 31.1. The van der Waals surface area contributed by atoms with Crippen LogP contribution in [0.25, 0.3) is 0 Å². The lowest BCUT2D eigenvalue weighted by atomic mass is 9.82. The van der Waals surface area contributed by atoms with Crippen molar-refractivity contribution in [3.63, 3.8) is 0 Å². The fourth-order valence-electron chi connectivity index (χ4n) is 4.20. The number of phenols is 1. The van der Waals surface area contributed by atoms with E-state index in [9.17, 15) is 10.2 Å². The SMILES string of the molecule is CCCCCC(C)(Pc1ccc(C)cc1C(C)(C)O)c1cc(C(C)(C)C)cc(C)c1O. The van der Waals surface area contributed by atoms with Gasteiger partial charge in [-0.2, -0.15) is 0 Å². The molecule has 2 nitrogen and oxygen atoms in total. The largest absolute Gasteiger partial charge is 0.507 e. The average molecular weight is 443 g/mol. The lowest BCUT2D eigenvalue weighted by molar-refractivity contribution is 0.0796. The third-order valence-corrected chi connectivity index (χ3v) is 8.06. The highest BCUT2D eigenvalue weighted by molar-refractivity contribution is 7.48. The maximum absolute atomic E-state index is 11.2. The molecular formula is C28H43O2P. The summed E-state index contributed by atoms with van der Waals surface area (Å²) in [6, 6.07) is 10.8. The number of hydrogen-bond donors (Lipinski definition) is 2. The molecule has 2 N–H and O–H groups in total. The molecule has 0 fully saturated rings. The van der Waals surface area contributed by atoms with E-state index >= 15 is 0 Å².